The van der Waals surface area contributed by atoms with Gasteiger partial charge in [-0.3, -0.25) is 4.79 Å². The zero-order chi connectivity index (χ0) is 12.1. The molecule has 0 aromatic carbocycles. The first-order valence-corrected chi connectivity index (χ1v) is 6.17. The van der Waals surface area contributed by atoms with Gasteiger partial charge in [0.1, 0.15) is 0 Å². The molecule has 1 unspecified atom stereocenters. The zero-order valence-corrected chi connectivity index (χ0v) is 10.9. The molecular weight excluding hydrogens is 222 g/mol. The van der Waals surface area contributed by atoms with Crippen molar-refractivity contribution in [3.63, 3.8) is 0 Å². The molecule has 1 aromatic heterocycles. The molecule has 1 aromatic rings. The average Bonchev–Trinajstić information content (AvgIpc) is 2.23. The summed E-state index contributed by atoms with van der Waals surface area (Å²) in [6, 6.07) is 4.06. The van der Waals surface area contributed by atoms with Crippen molar-refractivity contribution in [1.29, 1.82) is 0 Å². The van der Waals surface area contributed by atoms with E-state index in [0.717, 1.165) is 10.7 Å². The summed E-state index contributed by atoms with van der Waals surface area (Å²) >= 11 is 1.59. The Morgan fingerprint density at radius 2 is 2.19 bits per heavy atom. The molecule has 0 aliphatic carbocycles. The molecule has 0 saturated carbocycles. The van der Waals surface area contributed by atoms with Crippen LogP contribution in [-0.4, -0.2) is 23.8 Å². The molecule has 4 heteroatoms. The Hall–Kier alpha value is -1.03. The summed E-state index contributed by atoms with van der Waals surface area (Å²) in [6.07, 6.45) is 0. The van der Waals surface area contributed by atoms with Crippen LogP contribution < -0.4 is 0 Å². The van der Waals surface area contributed by atoms with Gasteiger partial charge in [0, 0.05) is 11.4 Å². The van der Waals surface area contributed by atoms with E-state index in [4.69, 9.17) is 0 Å². The fraction of sp³-hybridized carbons (Fsp3) is 0.500. The highest BCUT2D eigenvalue weighted by Crippen LogP contribution is 2.20. The summed E-state index contributed by atoms with van der Waals surface area (Å²) in [5.74, 6) is 0.428. The first kappa shape index (κ1) is 13.0. The van der Waals surface area contributed by atoms with Crippen molar-refractivity contribution in [3.05, 3.63) is 23.4 Å². The van der Waals surface area contributed by atoms with E-state index in [0.29, 0.717) is 5.75 Å². The van der Waals surface area contributed by atoms with Crippen LogP contribution in [0.2, 0.25) is 0 Å². The maximum atomic E-state index is 11.2. The Bertz CT molecular complexity index is 359. The molecule has 0 radical (unpaired) electrons. The highest BCUT2D eigenvalue weighted by atomic mass is 32.2. The molecule has 1 heterocycles. The van der Waals surface area contributed by atoms with E-state index in [1.54, 1.807) is 11.8 Å². The molecule has 88 valence electrons. The van der Waals surface area contributed by atoms with Gasteiger partial charge in [0.2, 0.25) is 0 Å². The van der Waals surface area contributed by atoms with Crippen LogP contribution in [0.5, 0.6) is 0 Å². The van der Waals surface area contributed by atoms with Crippen LogP contribution in [0, 0.1) is 19.8 Å². The summed E-state index contributed by atoms with van der Waals surface area (Å²) in [5.41, 5.74) is 2.20. The number of rotatable bonds is 4. The number of esters is 1. The number of aromatic nitrogens is 1. The number of hydrogen-bond donors (Lipinski definition) is 0. The normalized spacial score (nSPS) is 12.2. The third-order valence-corrected chi connectivity index (χ3v) is 3.33. The fourth-order valence-corrected chi connectivity index (χ4v) is 2.39. The van der Waals surface area contributed by atoms with Crippen LogP contribution in [-0.2, 0) is 9.53 Å². The van der Waals surface area contributed by atoms with Crippen LogP contribution in [0.25, 0.3) is 0 Å². The van der Waals surface area contributed by atoms with Crippen molar-refractivity contribution in [3.8, 4) is 0 Å². The van der Waals surface area contributed by atoms with E-state index < -0.39 is 0 Å². The molecule has 0 N–H and O–H groups in total. The monoisotopic (exact) mass is 239 g/mol. The Balaban J connectivity index is 2.57. The molecule has 0 amide bonds. The Kier molecular flexibility index (Phi) is 4.80. The predicted molar refractivity (Wildman–Crippen MR) is 65.6 cm³/mol. The first-order chi connectivity index (χ1) is 7.52. The summed E-state index contributed by atoms with van der Waals surface area (Å²) in [4.78, 5) is 15.6. The smallest absolute Gasteiger partial charge is 0.309 e. The lowest BCUT2D eigenvalue weighted by Gasteiger charge is -2.08. The molecule has 0 saturated heterocycles. The van der Waals surface area contributed by atoms with Gasteiger partial charge in [0.15, 0.2) is 0 Å². The van der Waals surface area contributed by atoms with Gasteiger partial charge in [-0.1, -0.05) is 6.92 Å². The fourth-order valence-electron chi connectivity index (χ4n) is 1.36. The molecule has 0 aliphatic rings. The van der Waals surface area contributed by atoms with Gasteiger partial charge in [-0.25, -0.2) is 4.98 Å². The van der Waals surface area contributed by atoms with Crippen LogP contribution in [0.3, 0.4) is 0 Å². The zero-order valence-electron chi connectivity index (χ0n) is 10.1. The van der Waals surface area contributed by atoms with Crippen LogP contribution in [0.1, 0.15) is 18.2 Å². The first-order valence-electron chi connectivity index (χ1n) is 5.19. The van der Waals surface area contributed by atoms with E-state index in [2.05, 4.69) is 9.72 Å². The van der Waals surface area contributed by atoms with Gasteiger partial charge in [-0.15, -0.1) is 11.8 Å². The summed E-state index contributed by atoms with van der Waals surface area (Å²) in [7, 11) is 1.42. The number of pyridine rings is 1. The maximum Gasteiger partial charge on any atom is 0.309 e. The molecule has 1 rings (SSSR count). The van der Waals surface area contributed by atoms with Gasteiger partial charge in [0.25, 0.3) is 0 Å². The minimum atomic E-state index is -0.170. The van der Waals surface area contributed by atoms with Crippen molar-refractivity contribution in [2.45, 2.75) is 25.8 Å². The van der Waals surface area contributed by atoms with E-state index in [-0.39, 0.29) is 11.9 Å². The number of aryl methyl sites for hydroxylation is 2. The predicted octanol–water partition coefficient (Wildman–Crippen LogP) is 2.60. The van der Waals surface area contributed by atoms with E-state index in [1.807, 2.05) is 32.9 Å². The summed E-state index contributed by atoms with van der Waals surface area (Å²) in [6.45, 7) is 5.88. The standard InChI is InChI=1S/C12H17NO2S/c1-8-5-10(3)13-11(6-8)16-7-9(2)12(14)15-4/h5-6,9H,7H2,1-4H3. The number of hydrogen-bond acceptors (Lipinski definition) is 4. The number of carbonyl (C=O) groups is 1. The maximum absolute atomic E-state index is 11.2. The van der Waals surface area contributed by atoms with Gasteiger partial charge >= 0.3 is 5.97 Å². The number of thioether (sulfide) groups is 1. The number of carbonyl (C=O) groups excluding carboxylic acids is 1. The van der Waals surface area contributed by atoms with Crippen molar-refractivity contribution < 1.29 is 9.53 Å². The lowest BCUT2D eigenvalue weighted by atomic mass is 10.2. The second-order valence-electron chi connectivity index (χ2n) is 3.86. The third kappa shape index (κ3) is 3.85. The average molecular weight is 239 g/mol. The highest BCUT2D eigenvalue weighted by molar-refractivity contribution is 7.99. The summed E-state index contributed by atoms with van der Waals surface area (Å²) < 4.78 is 4.68. The Morgan fingerprint density at radius 3 is 2.75 bits per heavy atom. The molecule has 0 bridgehead atoms. The minimum Gasteiger partial charge on any atom is -0.469 e. The molecule has 0 aliphatic heterocycles. The Labute approximate surface area is 101 Å². The van der Waals surface area contributed by atoms with Crippen LogP contribution >= 0.6 is 11.8 Å². The van der Waals surface area contributed by atoms with Crippen molar-refractivity contribution in [1.82, 2.24) is 4.98 Å². The third-order valence-electron chi connectivity index (χ3n) is 2.16. The topological polar surface area (TPSA) is 39.2 Å². The van der Waals surface area contributed by atoms with Gasteiger partial charge in [-0.2, -0.15) is 0 Å². The Morgan fingerprint density at radius 1 is 1.50 bits per heavy atom. The van der Waals surface area contributed by atoms with Crippen molar-refractivity contribution in [2.75, 3.05) is 12.9 Å². The van der Waals surface area contributed by atoms with E-state index in [9.17, 15) is 4.79 Å². The van der Waals surface area contributed by atoms with Gasteiger partial charge in [-0.05, 0) is 31.5 Å². The number of nitrogens with zero attached hydrogens (tertiary/aromatic N) is 1. The van der Waals surface area contributed by atoms with Crippen LogP contribution in [0.15, 0.2) is 17.2 Å². The summed E-state index contributed by atoms with van der Waals surface area (Å²) in [5, 5.41) is 0.966. The van der Waals surface area contributed by atoms with Gasteiger partial charge in [0.05, 0.1) is 18.1 Å². The minimum absolute atomic E-state index is 0.0994. The van der Waals surface area contributed by atoms with Gasteiger partial charge < -0.3 is 4.74 Å². The van der Waals surface area contributed by atoms with Crippen LogP contribution in [0.4, 0.5) is 0 Å². The number of ether oxygens (including phenoxy) is 1. The molecular formula is C12H17NO2S. The lowest BCUT2D eigenvalue weighted by molar-refractivity contribution is -0.143. The second-order valence-corrected chi connectivity index (χ2v) is 4.90. The second kappa shape index (κ2) is 5.89. The highest BCUT2D eigenvalue weighted by Gasteiger charge is 2.13. The largest absolute Gasteiger partial charge is 0.469 e. The SMILES string of the molecule is COC(=O)C(C)CSc1cc(C)cc(C)n1. The van der Waals surface area contributed by atoms with E-state index >= 15 is 0 Å². The molecule has 0 spiro atoms. The van der Waals surface area contributed by atoms with Crippen molar-refractivity contribution >= 4 is 17.7 Å². The van der Waals surface area contributed by atoms with E-state index in [1.165, 1.54) is 12.7 Å². The molecule has 0 fully saturated rings. The molecule has 1 atom stereocenters. The molecule has 16 heavy (non-hydrogen) atoms. The van der Waals surface area contributed by atoms with Crippen molar-refractivity contribution in [2.24, 2.45) is 5.92 Å². The molecule has 3 nitrogen and oxygen atoms in total. The lowest BCUT2D eigenvalue weighted by Crippen LogP contribution is -2.14. The number of methoxy groups -OCH3 is 1. The quantitative estimate of drug-likeness (QED) is 0.598.